The summed E-state index contributed by atoms with van der Waals surface area (Å²) in [5.41, 5.74) is 7.01. The van der Waals surface area contributed by atoms with Crippen LogP contribution in [0.4, 0.5) is 22.8 Å². The van der Waals surface area contributed by atoms with Gasteiger partial charge in [-0.2, -0.15) is 18.2 Å². The van der Waals surface area contributed by atoms with Gasteiger partial charge in [-0.15, -0.1) is 11.3 Å². The molecule has 2 heterocycles. The van der Waals surface area contributed by atoms with Crippen LogP contribution in [0.1, 0.15) is 22.4 Å². The summed E-state index contributed by atoms with van der Waals surface area (Å²) in [5, 5.41) is 13.2. The van der Waals surface area contributed by atoms with Crippen molar-refractivity contribution >= 4 is 35.3 Å². The van der Waals surface area contributed by atoms with E-state index in [0.717, 1.165) is 5.56 Å². The van der Waals surface area contributed by atoms with E-state index in [1.54, 1.807) is 35.7 Å². The van der Waals surface area contributed by atoms with Gasteiger partial charge in [-0.05, 0) is 18.1 Å². The maximum absolute atomic E-state index is 13.0. The number of nitrogens with two attached hydrogens (primary N) is 1. The first-order valence-electron chi connectivity index (χ1n) is 10.0. The summed E-state index contributed by atoms with van der Waals surface area (Å²) in [6, 6.07) is 9.10. The second-order valence-corrected chi connectivity index (χ2v) is 8.48. The smallest absolute Gasteiger partial charge is 0.435 e. The number of hydrogen-bond acceptors (Lipinski definition) is 5. The average Bonchev–Trinajstić information content (AvgIpc) is 3.44. The third-order valence-corrected chi connectivity index (χ3v) is 6.05. The number of carbonyl (C=O) groups is 3. The standard InChI is InChI=1S/C21H21F3N4O5S/c22-21(23,24)14-7-16(28(9-14)20(31)32)18(29)26-8-15-6-13(11-34-15)17(25)27-19(30)33-10-12-4-2-1-3-5-12/h1-6,11,14,16H,7-10H2,(H,26,29)(H,31,32)(H2,25,27,30)/t14-,16+/m1/s1. The largest absolute Gasteiger partial charge is 0.465 e. The second-order valence-electron chi connectivity index (χ2n) is 7.48. The predicted molar refractivity (Wildman–Crippen MR) is 116 cm³/mol. The van der Waals surface area contributed by atoms with E-state index in [9.17, 15) is 27.6 Å². The number of likely N-dealkylation sites (tertiary alicyclic amines) is 1. The first-order chi connectivity index (χ1) is 16.0. The summed E-state index contributed by atoms with van der Waals surface area (Å²) in [4.78, 5) is 40.3. The number of carboxylic acid groups (broad SMARTS) is 1. The van der Waals surface area contributed by atoms with E-state index < -0.39 is 49.2 Å². The molecule has 1 aromatic heterocycles. The van der Waals surface area contributed by atoms with Crippen molar-refractivity contribution in [2.75, 3.05) is 6.54 Å². The van der Waals surface area contributed by atoms with Crippen LogP contribution in [0.15, 0.2) is 46.8 Å². The van der Waals surface area contributed by atoms with Crippen molar-refractivity contribution in [2.24, 2.45) is 16.6 Å². The Hall–Kier alpha value is -3.61. The van der Waals surface area contributed by atoms with Crippen molar-refractivity contribution in [1.29, 1.82) is 0 Å². The summed E-state index contributed by atoms with van der Waals surface area (Å²) >= 11 is 1.17. The molecule has 0 radical (unpaired) electrons. The molecule has 1 aliphatic heterocycles. The summed E-state index contributed by atoms with van der Waals surface area (Å²) in [5.74, 6) is -2.83. The molecule has 34 heavy (non-hydrogen) atoms. The Morgan fingerprint density at radius 1 is 1.26 bits per heavy atom. The molecule has 0 spiro atoms. The Labute approximate surface area is 196 Å². The highest BCUT2D eigenvalue weighted by Gasteiger charge is 2.51. The normalized spacial score (nSPS) is 18.6. The maximum Gasteiger partial charge on any atom is 0.435 e. The number of thiophene rings is 1. The van der Waals surface area contributed by atoms with Gasteiger partial charge >= 0.3 is 18.4 Å². The molecule has 4 N–H and O–H groups in total. The first-order valence-corrected chi connectivity index (χ1v) is 10.9. The zero-order valence-electron chi connectivity index (χ0n) is 17.6. The second kappa shape index (κ2) is 10.5. The number of rotatable bonds is 6. The monoisotopic (exact) mass is 498 g/mol. The van der Waals surface area contributed by atoms with E-state index in [2.05, 4.69) is 10.3 Å². The summed E-state index contributed by atoms with van der Waals surface area (Å²) in [6.45, 7) is -0.815. The van der Waals surface area contributed by atoms with E-state index in [4.69, 9.17) is 15.6 Å². The van der Waals surface area contributed by atoms with Gasteiger partial charge in [-0.25, -0.2) is 9.59 Å². The van der Waals surface area contributed by atoms with Gasteiger partial charge in [0.2, 0.25) is 5.91 Å². The summed E-state index contributed by atoms with van der Waals surface area (Å²) in [7, 11) is 0. The van der Waals surface area contributed by atoms with E-state index in [0.29, 0.717) is 15.3 Å². The van der Waals surface area contributed by atoms with Gasteiger partial charge in [0.1, 0.15) is 18.5 Å². The maximum atomic E-state index is 13.0. The lowest BCUT2D eigenvalue weighted by Gasteiger charge is -2.20. The predicted octanol–water partition coefficient (Wildman–Crippen LogP) is 3.34. The number of hydrogen-bond donors (Lipinski definition) is 3. The minimum atomic E-state index is -4.59. The highest BCUT2D eigenvalue weighted by Crippen LogP contribution is 2.36. The van der Waals surface area contributed by atoms with Crippen molar-refractivity contribution < 1.29 is 37.4 Å². The third-order valence-electron chi connectivity index (χ3n) is 5.12. The number of carbonyl (C=O) groups excluding carboxylic acids is 2. The molecule has 9 nitrogen and oxygen atoms in total. The van der Waals surface area contributed by atoms with Gasteiger partial charge in [0.25, 0.3) is 0 Å². The van der Waals surface area contributed by atoms with Crippen molar-refractivity contribution in [1.82, 2.24) is 10.2 Å². The van der Waals surface area contributed by atoms with Crippen LogP contribution in [-0.2, 0) is 22.7 Å². The van der Waals surface area contributed by atoms with Gasteiger partial charge in [0.15, 0.2) is 0 Å². The van der Waals surface area contributed by atoms with Crippen molar-refractivity contribution in [2.45, 2.75) is 31.8 Å². The van der Waals surface area contributed by atoms with Crippen LogP contribution in [0.5, 0.6) is 0 Å². The minimum Gasteiger partial charge on any atom is -0.465 e. The Bertz CT molecular complexity index is 1070. The number of nitrogens with one attached hydrogen (secondary N) is 1. The number of aliphatic imine (C=N–C) groups is 1. The average molecular weight is 498 g/mol. The first kappa shape index (κ1) is 25.0. The molecule has 13 heteroatoms. The number of benzene rings is 1. The Kier molecular flexibility index (Phi) is 7.76. The molecule has 1 aromatic carbocycles. The fraction of sp³-hybridized carbons (Fsp3) is 0.333. The van der Waals surface area contributed by atoms with Gasteiger partial charge in [0, 0.05) is 22.4 Å². The molecule has 1 aliphatic rings. The Balaban J connectivity index is 1.54. The molecule has 2 aromatic rings. The van der Waals surface area contributed by atoms with E-state index >= 15 is 0 Å². The van der Waals surface area contributed by atoms with E-state index in [-0.39, 0.29) is 19.0 Å². The topological polar surface area (TPSA) is 134 Å². The number of amides is 3. The zero-order chi connectivity index (χ0) is 24.9. The van der Waals surface area contributed by atoms with Crippen LogP contribution < -0.4 is 11.1 Å². The molecule has 0 unspecified atom stereocenters. The molecular formula is C21H21F3N4O5S. The lowest BCUT2D eigenvalue weighted by atomic mass is 10.0. The quantitative estimate of drug-likeness (QED) is 0.413. The molecule has 2 atom stereocenters. The number of amidine groups is 1. The van der Waals surface area contributed by atoms with Gasteiger partial charge in [0.05, 0.1) is 12.5 Å². The van der Waals surface area contributed by atoms with Gasteiger partial charge in [-0.3, -0.25) is 9.69 Å². The SMILES string of the molecule is NC(=NC(=O)OCc1ccccc1)c1csc(CNC(=O)[C@@H]2C[C@@H](C(F)(F)F)CN2C(=O)O)c1. The fourth-order valence-corrected chi connectivity index (χ4v) is 4.16. The van der Waals surface area contributed by atoms with Crippen LogP contribution >= 0.6 is 11.3 Å². The number of alkyl halides is 3. The molecule has 1 saturated heterocycles. The Morgan fingerprint density at radius 2 is 1.97 bits per heavy atom. The van der Waals surface area contributed by atoms with Crippen LogP contribution in [-0.4, -0.2) is 52.7 Å². The lowest BCUT2D eigenvalue weighted by Crippen LogP contribution is -2.45. The molecule has 182 valence electrons. The van der Waals surface area contributed by atoms with Crippen LogP contribution in [0.3, 0.4) is 0 Å². The van der Waals surface area contributed by atoms with Crippen molar-refractivity contribution in [3.05, 3.63) is 57.8 Å². The van der Waals surface area contributed by atoms with Crippen molar-refractivity contribution in [3.8, 4) is 0 Å². The fourth-order valence-electron chi connectivity index (χ4n) is 3.35. The van der Waals surface area contributed by atoms with Crippen molar-refractivity contribution in [3.63, 3.8) is 0 Å². The summed E-state index contributed by atoms with van der Waals surface area (Å²) < 4.78 is 44.0. The van der Waals surface area contributed by atoms with E-state index in [1.165, 1.54) is 11.3 Å². The van der Waals surface area contributed by atoms with Gasteiger partial charge in [-0.1, -0.05) is 30.3 Å². The van der Waals surface area contributed by atoms with Crippen LogP contribution in [0, 0.1) is 5.92 Å². The Morgan fingerprint density at radius 3 is 2.62 bits per heavy atom. The highest BCUT2D eigenvalue weighted by atomic mass is 32.1. The molecular weight excluding hydrogens is 477 g/mol. The molecule has 3 amide bonds. The minimum absolute atomic E-state index is 0.0289. The zero-order valence-corrected chi connectivity index (χ0v) is 18.4. The van der Waals surface area contributed by atoms with Crippen LogP contribution in [0.2, 0.25) is 0 Å². The lowest BCUT2D eigenvalue weighted by molar-refractivity contribution is -0.170. The molecule has 3 rings (SSSR count). The molecule has 1 fully saturated rings. The molecule has 0 aliphatic carbocycles. The highest BCUT2D eigenvalue weighted by molar-refractivity contribution is 7.10. The molecule has 0 saturated carbocycles. The third kappa shape index (κ3) is 6.47. The number of nitrogens with zero attached hydrogens (tertiary/aromatic N) is 2. The van der Waals surface area contributed by atoms with Gasteiger partial charge < -0.3 is 20.9 Å². The van der Waals surface area contributed by atoms with E-state index in [1.807, 2.05) is 6.07 Å². The summed E-state index contributed by atoms with van der Waals surface area (Å²) in [6.07, 6.45) is -7.70. The number of halogens is 3. The van der Waals surface area contributed by atoms with Crippen LogP contribution in [0.25, 0.3) is 0 Å². The molecule has 0 bridgehead atoms. The number of ether oxygens (including phenoxy) is 1.